The molecule has 0 saturated carbocycles. The van der Waals surface area contributed by atoms with Crippen molar-refractivity contribution < 1.29 is 13.9 Å². The molecular weight excluding hydrogens is 271 g/mol. The molecule has 0 fully saturated rings. The minimum absolute atomic E-state index is 0.125. The highest BCUT2D eigenvalue weighted by molar-refractivity contribution is 5.40. The standard InChI is InChI=1S/C16H19FN2O2/c1-20-14-8-12(9-15(10-14)21-2)16(19-18)7-11-3-5-13(17)6-4-11/h3-6,8-10,16,19H,7,18H2,1-2H3. The molecule has 2 aromatic carbocycles. The Morgan fingerprint density at radius 1 is 1.05 bits per heavy atom. The van der Waals surface area contributed by atoms with E-state index in [-0.39, 0.29) is 11.9 Å². The lowest BCUT2D eigenvalue weighted by Gasteiger charge is -2.18. The molecule has 0 spiro atoms. The highest BCUT2D eigenvalue weighted by Crippen LogP contribution is 2.28. The molecule has 0 saturated heterocycles. The van der Waals surface area contributed by atoms with Crippen LogP contribution >= 0.6 is 0 Å². The predicted octanol–water partition coefficient (Wildman–Crippen LogP) is 2.59. The largest absolute Gasteiger partial charge is 0.497 e. The van der Waals surface area contributed by atoms with E-state index in [1.807, 2.05) is 12.1 Å². The molecule has 3 N–H and O–H groups in total. The third-order valence-corrected chi connectivity index (χ3v) is 3.33. The summed E-state index contributed by atoms with van der Waals surface area (Å²) in [5.74, 6) is 6.80. The van der Waals surface area contributed by atoms with Gasteiger partial charge in [0.2, 0.25) is 0 Å². The van der Waals surface area contributed by atoms with Gasteiger partial charge in [-0.3, -0.25) is 11.3 Å². The molecule has 112 valence electrons. The number of ether oxygens (including phenoxy) is 2. The number of hydrazine groups is 1. The van der Waals surface area contributed by atoms with Crippen LogP contribution < -0.4 is 20.7 Å². The Bertz CT molecular complexity index is 565. The van der Waals surface area contributed by atoms with Crippen LogP contribution in [0.25, 0.3) is 0 Å². The fraction of sp³-hybridized carbons (Fsp3) is 0.250. The van der Waals surface area contributed by atoms with Crippen molar-refractivity contribution in [3.63, 3.8) is 0 Å². The lowest BCUT2D eigenvalue weighted by Crippen LogP contribution is -2.29. The molecule has 2 aromatic rings. The quantitative estimate of drug-likeness (QED) is 0.634. The number of hydrogen-bond acceptors (Lipinski definition) is 4. The Balaban J connectivity index is 2.25. The molecule has 0 radical (unpaired) electrons. The lowest BCUT2D eigenvalue weighted by molar-refractivity contribution is 0.391. The molecule has 2 rings (SSSR count). The minimum Gasteiger partial charge on any atom is -0.497 e. The van der Waals surface area contributed by atoms with E-state index in [4.69, 9.17) is 15.3 Å². The van der Waals surface area contributed by atoms with E-state index in [1.54, 1.807) is 32.4 Å². The Morgan fingerprint density at radius 2 is 1.62 bits per heavy atom. The molecule has 0 aliphatic heterocycles. The van der Waals surface area contributed by atoms with E-state index < -0.39 is 0 Å². The maximum absolute atomic E-state index is 13.0. The molecule has 1 unspecified atom stereocenters. The van der Waals surface area contributed by atoms with Gasteiger partial charge in [0.1, 0.15) is 17.3 Å². The van der Waals surface area contributed by atoms with Crippen LogP contribution in [0, 0.1) is 5.82 Å². The Hall–Kier alpha value is -2.11. The maximum atomic E-state index is 13.0. The Morgan fingerprint density at radius 3 is 2.10 bits per heavy atom. The van der Waals surface area contributed by atoms with Crippen molar-refractivity contribution in [2.24, 2.45) is 5.84 Å². The second-order valence-corrected chi connectivity index (χ2v) is 4.70. The molecule has 0 amide bonds. The van der Waals surface area contributed by atoms with Crippen LogP contribution in [0.15, 0.2) is 42.5 Å². The molecule has 1 atom stereocenters. The van der Waals surface area contributed by atoms with Crippen molar-refractivity contribution in [2.45, 2.75) is 12.5 Å². The summed E-state index contributed by atoms with van der Waals surface area (Å²) < 4.78 is 23.5. The van der Waals surface area contributed by atoms with Crippen LogP contribution in [0.5, 0.6) is 11.5 Å². The van der Waals surface area contributed by atoms with E-state index in [2.05, 4.69) is 5.43 Å². The summed E-state index contributed by atoms with van der Waals surface area (Å²) in [4.78, 5) is 0. The summed E-state index contributed by atoms with van der Waals surface area (Å²) >= 11 is 0. The number of halogens is 1. The SMILES string of the molecule is COc1cc(OC)cc(C(Cc2ccc(F)cc2)NN)c1. The third kappa shape index (κ3) is 3.93. The number of methoxy groups -OCH3 is 2. The normalized spacial score (nSPS) is 12.0. The highest BCUT2D eigenvalue weighted by atomic mass is 19.1. The van der Waals surface area contributed by atoms with Gasteiger partial charge in [-0.1, -0.05) is 12.1 Å². The summed E-state index contributed by atoms with van der Waals surface area (Å²) in [6.45, 7) is 0. The number of rotatable bonds is 6. The fourth-order valence-corrected chi connectivity index (χ4v) is 2.16. The third-order valence-electron chi connectivity index (χ3n) is 3.33. The van der Waals surface area contributed by atoms with Crippen LogP contribution in [0.4, 0.5) is 4.39 Å². The van der Waals surface area contributed by atoms with Crippen molar-refractivity contribution in [1.82, 2.24) is 5.43 Å². The first-order valence-corrected chi connectivity index (χ1v) is 6.59. The van der Waals surface area contributed by atoms with Crippen molar-refractivity contribution in [1.29, 1.82) is 0 Å². The van der Waals surface area contributed by atoms with Crippen LogP contribution in [-0.2, 0) is 6.42 Å². The second kappa shape index (κ2) is 7.06. The van der Waals surface area contributed by atoms with Gasteiger partial charge in [0.05, 0.1) is 20.3 Å². The summed E-state index contributed by atoms with van der Waals surface area (Å²) in [6.07, 6.45) is 0.632. The van der Waals surface area contributed by atoms with Crippen LogP contribution in [0.1, 0.15) is 17.2 Å². The topological polar surface area (TPSA) is 56.5 Å². The number of nitrogens with one attached hydrogen (secondary N) is 1. The minimum atomic E-state index is -0.251. The summed E-state index contributed by atoms with van der Waals surface area (Å²) in [5.41, 5.74) is 4.71. The number of hydrogen-bond donors (Lipinski definition) is 2. The van der Waals surface area contributed by atoms with E-state index in [0.717, 1.165) is 11.1 Å². The van der Waals surface area contributed by atoms with Gasteiger partial charge in [-0.05, 0) is 41.8 Å². The van der Waals surface area contributed by atoms with Crippen LogP contribution in [0.3, 0.4) is 0 Å². The number of nitrogens with two attached hydrogens (primary N) is 1. The summed E-state index contributed by atoms with van der Waals surface area (Å²) in [6, 6.07) is 11.8. The molecular formula is C16H19FN2O2. The van der Waals surface area contributed by atoms with Gasteiger partial charge >= 0.3 is 0 Å². The zero-order chi connectivity index (χ0) is 15.2. The van der Waals surface area contributed by atoms with Crippen molar-refractivity contribution in [3.05, 3.63) is 59.4 Å². The first-order chi connectivity index (χ1) is 10.2. The van der Waals surface area contributed by atoms with E-state index in [9.17, 15) is 4.39 Å². The molecule has 0 heterocycles. The van der Waals surface area contributed by atoms with E-state index in [1.165, 1.54) is 12.1 Å². The smallest absolute Gasteiger partial charge is 0.123 e. The maximum Gasteiger partial charge on any atom is 0.123 e. The molecule has 4 nitrogen and oxygen atoms in total. The van der Waals surface area contributed by atoms with Crippen molar-refractivity contribution in [3.8, 4) is 11.5 Å². The highest BCUT2D eigenvalue weighted by Gasteiger charge is 2.13. The molecule has 0 aliphatic rings. The predicted molar refractivity (Wildman–Crippen MR) is 79.7 cm³/mol. The molecule has 0 bridgehead atoms. The van der Waals surface area contributed by atoms with Gasteiger partial charge in [0, 0.05) is 6.07 Å². The first kappa shape index (κ1) is 15.3. The second-order valence-electron chi connectivity index (χ2n) is 4.70. The Kier molecular flexibility index (Phi) is 5.14. The zero-order valence-electron chi connectivity index (χ0n) is 12.1. The zero-order valence-corrected chi connectivity index (χ0v) is 12.1. The molecule has 5 heteroatoms. The van der Waals surface area contributed by atoms with Crippen molar-refractivity contribution in [2.75, 3.05) is 14.2 Å². The first-order valence-electron chi connectivity index (χ1n) is 6.59. The van der Waals surface area contributed by atoms with Gasteiger partial charge < -0.3 is 9.47 Å². The summed E-state index contributed by atoms with van der Waals surface area (Å²) in [5, 5.41) is 0. The van der Waals surface area contributed by atoms with Gasteiger partial charge in [-0.25, -0.2) is 4.39 Å². The Labute approximate surface area is 123 Å². The van der Waals surface area contributed by atoms with Gasteiger partial charge in [0.25, 0.3) is 0 Å². The summed E-state index contributed by atoms with van der Waals surface area (Å²) in [7, 11) is 3.20. The number of benzene rings is 2. The van der Waals surface area contributed by atoms with Crippen molar-refractivity contribution >= 4 is 0 Å². The monoisotopic (exact) mass is 290 g/mol. The lowest BCUT2D eigenvalue weighted by atomic mass is 9.99. The molecule has 0 aliphatic carbocycles. The van der Waals surface area contributed by atoms with E-state index in [0.29, 0.717) is 17.9 Å². The molecule has 0 aromatic heterocycles. The van der Waals surface area contributed by atoms with Gasteiger partial charge in [-0.15, -0.1) is 0 Å². The fourth-order valence-electron chi connectivity index (χ4n) is 2.16. The average molecular weight is 290 g/mol. The van der Waals surface area contributed by atoms with Gasteiger partial charge in [0.15, 0.2) is 0 Å². The van der Waals surface area contributed by atoms with Crippen LogP contribution in [0.2, 0.25) is 0 Å². The molecule has 21 heavy (non-hydrogen) atoms. The van der Waals surface area contributed by atoms with E-state index >= 15 is 0 Å². The van der Waals surface area contributed by atoms with Crippen LogP contribution in [-0.4, -0.2) is 14.2 Å². The average Bonchev–Trinajstić information content (AvgIpc) is 2.53. The van der Waals surface area contributed by atoms with Gasteiger partial charge in [-0.2, -0.15) is 0 Å².